The molecule has 1 amide bonds. The van der Waals surface area contributed by atoms with Gasteiger partial charge in [0.15, 0.2) is 11.5 Å². The van der Waals surface area contributed by atoms with Gasteiger partial charge in [-0.3, -0.25) is 10.2 Å². The first-order valence-corrected chi connectivity index (χ1v) is 10.3. The first-order chi connectivity index (χ1) is 13.1. The molecule has 0 fully saturated rings. The monoisotopic (exact) mass is 406 g/mol. The Balaban J connectivity index is 2.11. The molecule has 28 heavy (non-hydrogen) atoms. The summed E-state index contributed by atoms with van der Waals surface area (Å²) in [6.07, 6.45) is 0. The van der Waals surface area contributed by atoms with Crippen molar-refractivity contribution in [1.82, 2.24) is 10.3 Å². The molecular formula is C20H26N2O5S. The number of nitrogens with one attached hydrogen (secondary N) is 2. The van der Waals surface area contributed by atoms with Gasteiger partial charge < -0.3 is 9.47 Å². The van der Waals surface area contributed by atoms with Crippen LogP contribution in [0.5, 0.6) is 11.5 Å². The van der Waals surface area contributed by atoms with Crippen molar-refractivity contribution in [3.8, 4) is 11.5 Å². The van der Waals surface area contributed by atoms with Crippen LogP contribution in [-0.4, -0.2) is 28.0 Å². The molecule has 0 aliphatic carbocycles. The van der Waals surface area contributed by atoms with E-state index >= 15 is 0 Å². The van der Waals surface area contributed by atoms with Gasteiger partial charge in [0.2, 0.25) is 0 Å². The molecule has 0 saturated carbocycles. The van der Waals surface area contributed by atoms with E-state index in [9.17, 15) is 13.2 Å². The highest BCUT2D eigenvalue weighted by Gasteiger charge is 2.19. The predicted molar refractivity (Wildman–Crippen MR) is 107 cm³/mol. The predicted octanol–water partition coefficient (Wildman–Crippen LogP) is 3.01. The van der Waals surface area contributed by atoms with Crippen molar-refractivity contribution >= 4 is 15.9 Å². The van der Waals surface area contributed by atoms with Gasteiger partial charge in [-0.15, -0.1) is 4.83 Å². The third kappa shape index (κ3) is 5.24. The Kier molecular flexibility index (Phi) is 6.69. The Labute approximate surface area is 166 Å². The van der Waals surface area contributed by atoms with Crippen molar-refractivity contribution in [2.45, 2.75) is 38.0 Å². The molecule has 0 aliphatic rings. The van der Waals surface area contributed by atoms with Crippen LogP contribution in [0.1, 0.15) is 43.6 Å². The molecule has 2 rings (SSSR count). The molecule has 2 aromatic carbocycles. The van der Waals surface area contributed by atoms with Crippen LogP contribution in [0.2, 0.25) is 0 Å². The number of rotatable bonds is 7. The van der Waals surface area contributed by atoms with Crippen molar-refractivity contribution < 1.29 is 22.7 Å². The highest BCUT2D eigenvalue weighted by atomic mass is 32.2. The van der Waals surface area contributed by atoms with Crippen LogP contribution >= 0.6 is 0 Å². The second kappa shape index (κ2) is 8.62. The van der Waals surface area contributed by atoms with Gasteiger partial charge in [0.05, 0.1) is 18.6 Å². The Hall–Kier alpha value is -2.58. The van der Waals surface area contributed by atoms with E-state index in [1.54, 1.807) is 18.2 Å². The number of hydrazine groups is 1. The molecule has 0 bridgehead atoms. The first kappa shape index (κ1) is 21.7. The number of ether oxygens (including phenoxy) is 2. The number of carbonyl (C=O) groups is 1. The number of benzene rings is 2. The lowest BCUT2D eigenvalue weighted by molar-refractivity contribution is 0.0944. The average molecular weight is 407 g/mol. The summed E-state index contributed by atoms with van der Waals surface area (Å²) in [4.78, 5) is 14.5. The Morgan fingerprint density at radius 2 is 1.68 bits per heavy atom. The van der Waals surface area contributed by atoms with E-state index in [2.05, 4.69) is 10.3 Å². The molecule has 0 spiro atoms. The molecule has 152 valence electrons. The van der Waals surface area contributed by atoms with E-state index in [-0.39, 0.29) is 15.9 Å². The van der Waals surface area contributed by atoms with E-state index in [4.69, 9.17) is 9.47 Å². The molecule has 0 aromatic heterocycles. The summed E-state index contributed by atoms with van der Waals surface area (Å²) < 4.78 is 35.4. The van der Waals surface area contributed by atoms with Crippen LogP contribution in [0.25, 0.3) is 0 Å². The van der Waals surface area contributed by atoms with Gasteiger partial charge in [0, 0.05) is 5.56 Å². The third-order valence-electron chi connectivity index (χ3n) is 4.06. The minimum absolute atomic E-state index is 0.0603. The minimum atomic E-state index is -3.90. The van der Waals surface area contributed by atoms with Crippen LogP contribution in [0, 0.1) is 0 Å². The summed E-state index contributed by atoms with van der Waals surface area (Å²) in [5.74, 6) is 0.271. The van der Waals surface area contributed by atoms with E-state index in [0.717, 1.165) is 5.56 Å². The Morgan fingerprint density at radius 3 is 2.21 bits per heavy atom. The number of hydrogen-bond acceptors (Lipinski definition) is 5. The zero-order valence-corrected chi connectivity index (χ0v) is 17.5. The lowest BCUT2D eigenvalue weighted by Crippen LogP contribution is -2.41. The molecule has 0 unspecified atom stereocenters. The van der Waals surface area contributed by atoms with Gasteiger partial charge >= 0.3 is 0 Å². The summed E-state index contributed by atoms with van der Waals surface area (Å²) in [7, 11) is -2.43. The molecular weight excluding hydrogens is 380 g/mol. The first-order valence-electron chi connectivity index (χ1n) is 8.82. The van der Waals surface area contributed by atoms with Crippen molar-refractivity contribution in [2.24, 2.45) is 0 Å². The molecule has 0 heterocycles. The summed E-state index contributed by atoms with van der Waals surface area (Å²) in [5, 5.41) is 0. The molecule has 0 aliphatic heterocycles. The Bertz CT molecular complexity index is 932. The molecule has 2 N–H and O–H groups in total. The van der Waals surface area contributed by atoms with Gasteiger partial charge in [-0.25, -0.2) is 8.42 Å². The molecule has 0 atom stereocenters. The lowest BCUT2D eigenvalue weighted by atomic mass is 9.87. The molecule has 0 saturated heterocycles. The molecule has 7 nitrogen and oxygen atoms in total. The second-order valence-corrected chi connectivity index (χ2v) is 8.82. The quantitative estimate of drug-likeness (QED) is 0.690. The summed E-state index contributed by atoms with van der Waals surface area (Å²) in [5.41, 5.74) is 3.36. The summed E-state index contributed by atoms with van der Waals surface area (Å²) in [6.45, 7) is 8.42. The van der Waals surface area contributed by atoms with E-state index in [1.165, 1.54) is 31.4 Å². The topological polar surface area (TPSA) is 93.7 Å². The highest BCUT2D eigenvalue weighted by molar-refractivity contribution is 7.89. The zero-order valence-electron chi connectivity index (χ0n) is 16.7. The third-order valence-corrected chi connectivity index (χ3v) is 5.32. The Morgan fingerprint density at radius 1 is 1.04 bits per heavy atom. The lowest BCUT2D eigenvalue weighted by Gasteiger charge is -2.19. The molecule has 8 heteroatoms. The molecule has 0 radical (unpaired) electrons. The number of hydrogen-bond donors (Lipinski definition) is 2. The maximum Gasteiger partial charge on any atom is 0.266 e. The summed E-state index contributed by atoms with van der Waals surface area (Å²) >= 11 is 0. The van der Waals surface area contributed by atoms with Crippen LogP contribution in [0.3, 0.4) is 0 Å². The average Bonchev–Trinajstić information content (AvgIpc) is 2.66. The smallest absolute Gasteiger partial charge is 0.266 e. The van der Waals surface area contributed by atoms with Crippen molar-refractivity contribution in [1.29, 1.82) is 0 Å². The fraction of sp³-hybridized carbons (Fsp3) is 0.350. The maximum atomic E-state index is 12.4. The standard InChI is InChI=1S/C20H26N2O5S/c1-6-27-17-12-7-14(13-18(17)26-5)19(23)21-22-28(24,25)16-10-8-15(9-11-16)20(2,3)4/h7-13,22H,6H2,1-5H3,(H,21,23). The summed E-state index contributed by atoms with van der Waals surface area (Å²) in [6, 6.07) is 11.1. The van der Waals surface area contributed by atoms with Crippen molar-refractivity contribution in [3.05, 3.63) is 53.6 Å². The maximum absolute atomic E-state index is 12.4. The van der Waals surface area contributed by atoms with Gasteiger partial charge in [-0.2, -0.15) is 0 Å². The van der Waals surface area contributed by atoms with Gasteiger partial charge in [0.25, 0.3) is 15.9 Å². The SMILES string of the molecule is CCOc1ccc(C(=O)NNS(=O)(=O)c2ccc(C(C)(C)C)cc2)cc1OC. The molecule has 2 aromatic rings. The van der Waals surface area contributed by atoms with Gasteiger partial charge in [-0.05, 0) is 48.2 Å². The second-order valence-electron chi connectivity index (χ2n) is 7.13. The normalized spacial score (nSPS) is 11.8. The van der Waals surface area contributed by atoms with Crippen LogP contribution in [-0.2, 0) is 15.4 Å². The van der Waals surface area contributed by atoms with Crippen molar-refractivity contribution in [3.63, 3.8) is 0 Å². The number of sulfonamides is 1. The fourth-order valence-corrected chi connectivity index (χ4v) is 3.30. The number of amides is 1. The van der Waals surface area contributed by atoms with Gasteiger partial charge in [-0.1, -0.05) is 32.9 Å². The van der Waals surface area contributed by atoms with Gasteiger partial charge in [0.1, 0.15) is 0 Å². The van der Waals surface area contributed by atoms with Crippen LogP contribution in [0.4, 0.5) is 0 Å². The largest absolute Gasteiger partial charge is 0.493 e. The van der Waals surface area contributed by atoms with E-state index < -0.39 is 15.9 Å². The van der Waals surface area contributed by atoms with Crippen molar-refractivity contribution in [2.75, 3.05) is 13.7 Å². The van der Waals surface area contributed by atoms with Crippen LogP contribution in [0.15, 0.2) is 47.4 Å². The minimum Gasteiger partial charge on any atom is -0.493 e. The highest BCUT2D eigenvalue weighted by Crippen LogP contribution is 2.28. The van der Waals surface area contributed by atoms with E-state index in [1.807, 2.05) is 27.7 Å². The van der Waals surface area contributed by atoms with Crippen LogP contribution < -0.4 is 19.7 Å². The number of methoxy groups -OCH3 is 1. The van der Waals surface area contributed by atoms with E-state index in [0.29, 0.717) is 18.1 Å². The zero-order chi connectivity index (χ0) is 20.9. The number of carbonyl (C=O) groups excluding carboxylic acids is 1. The fourth-order valence-electron chi connectivity index (χ4n) is 2.46.